The van der Waals surface area contributed by atoms with Gasteiger partial charge in [0.05, 0.1) is 17.9 Å². The smallest absolute Gasteiger partial charge is 0.264 e. The fraction of sp³-hybridized carbons (Fsp3) is 0.167. The van der Waals surface area contributed by atoms with Gasteiger partial charge >= 0.3 is 0 Å². The van der Waals surface area contributed by atoms with E-state index in [1.807, 2.05) is 72.8 Å². The topological polar surface area (TPSA) is 72.5 Å². The molecule has 0 aliphatic heterocycles. The van der Waals surface area contributed by atoms with Gasteiger partial charge in [-0.05, 0) is 59.0 Å². The maximum absolute atomic E-state index is 13.6. The first kappa shape index (κ1) is 23.8. The predicted octanol–water partition coefficient (Wildman–Crippen LogP) is 5.94. The molecule has 182 valence electrons. The minimum absolute atomic E-state index is 0.0971. The Labute approximate surface area is 211 Å². The molecule has 1 atom stereocenters. The Balaban J connectivity index is 1.52. The lowest BCUT2D eigenvalue weighted by molar-refractivity contribution is -0.121. The fourth-order valence-corrected chi connectivity index (χ4v) is 6.25. The summed E-state index contributed by atoms with van der Waals surface area (Å²) in [5.74, 6) is -0.410. The van der Waals surface area contributed by atoms with Gasteiger partial charge in [-0.25, -0.2) is 13.1 Å². The van der Waals surface area contributed by atoms with Gasteiger partial charge in [0.15, 0.2) is 0 Å². The number of hydrogen-bond acceptors (Lipinski definition) is 4. The first-order valence-corrected chi connectivity index (χ1v) is 13.4. The maximum Gasteiger partial charge on any atom is 0.264 e. The summed E-state index contributed by atoms with van der Waals surface area (Å²) < 4.78 is 34.7. The standard InChI is InChI=1S/C30H27NO4S/c1-35-27-20-19-23(18-17-21-9-3-2-4-10-21)29-25(27)14-8-15-26(29)30(32)31-36(33,34)28-16-7-12-22-11-5-6-13-24(22)28/h2-7,9-13,16-20,26H,8,14-15H2,1H3,(H,31,32)/b18-17+. The largest absolute Gasteiger partial charge is 0.496 e. The second-order valence-corrected chi connectivity index (χ2v) is 10.5. The summed E-state index contributed by atoms with van der Waals surface area (Å²) in [6.45, 7) is 0. The average Bonchev–Trinajstić information content (AvgIpc) is 2.91. The molecular weight excluding hydrogens is 470 g/mol. The monoisotopic (exact) mass is 497 g/mol. The van der Waals surface area contributed by atoms with Crippen molar-refractivity contribution < 1.29 is 17.9 Å². The van der Waals surface area contributed by atoms with E-state index in [2.05, 4.69) is 4.72 Å². The van der Waals surface area contributed by atoms with Gasteiger partial charge < -0.3 is 4.74 Å². The Morgan fingerprint density at radius 2 is 1.67 bits per heavy atom. The van der Waals surface area contributed by atoms with Crippen LogP contribution in [0.1, 0.15) is 41.0 Å². The molecule has 0 saturated heterocycles. The van der Waals surface area contributed by atoms with Crippen LogP contribution in [0.25, 0.3) is 22.9 Å². The summed E-state index contributed by atoms with van der Waals surface area (Å²) in [5.41, 5.74) is 3.72. The zero-order valence-corrected chi connectivity index (χ0v) is 20.8. The average molecular weight is 498 g/mol. The summed E-state index contributed by atoms with van der Waals surface area (Å²) in [6.07, 6.45) is 6.08. The van der Waals surface area contributed by atoms with E-state index >= 15 is 0 Å². The molecule has 0 heterocycles. The molecule has 5 rings (SSSR count). The number of nitrogens with one attached hydrogen (secondary N) is 1. The van der Waals surface area contributed by atoms with Crippen molar-refractivity contribution in [1.29, 1.82) is 0 Å². The van der Waals surface area contributed by atoms with Crippen LogP contribution in [-0.2, 0) is 21.2 Å². The molecule has 0 spiro atoms. The number of carbonyl (C=O) groups is 1. The van der Waals surface area contributed by atoms with Crippen LogP contribution in [0, 0.1) is 0 Å². The highest BCUT2D eigenvalue weighted by Gasteiger charge is 2.33. The minimum atomic E-state index is -4.07. The van der Waals surface area contributed by atoms with Crippen LogP contribution in [0.2, 0.25) is 0 Å². The highest BCUT2D eigenvalue weighted by atomic mass is 32.2. The number of amides is 1. The zero-order chi connectivity index (χ0) is 25.1. The second kappa shape index (κ2) is 9.99. The van der Waals surface area contributed by atoms with Crippen LogP contribution in [0.4, 0.5) is 0 Å². The van der Waals surface area contributed by atoms with E-state index in [0.717, 1.165) is 46.2 Å². The number of hydrogen-bond donors (Lipinski definition) is 1. The summed E-state index contributed by atoms with van der Waals surface area (Å²) in [6, 6.07) is 26.1. The van der Waals surface area contributed by atoms with E-state index in [4.69, 9.17) is 4.74 Å². The van der Waals surface area contributed by atoms with Gasteiger partial charge in [0.25, 0.3) is 10.0 Å². The molecule has 4 aromatic carbocycles. The molecule has 0 saturated carbocycles. The molecule has 1 unspecified atom stereocenters. The third kappa shape index (κ3) is 4.64. The molecule has 36 heavy (non-hydrogen) atoms. The van der Waals surface area contributed by atoms with E-state index in [9.17, 15) is 13.2 Å². The van der Waals surface area contributed by atoms with Crippen molar-refractivity contribution in [1.82, 2.24) is 4.72 Å². The Bertz CT molecular complexity index is 1550. The molecule has 0 aromatic heterocycles. The number of methoxy groups -OCH3 is 1. The Hall–Kier alpha value is -3.90. The van der Waals surface area contributed by atoms with E-state index in [1.165, 1.54) is 6.07 Å². The Kier molecular flexibility index (Phi) is 6.61. The highest BCUT2D eigenvalue weighted by molar-refractivity contribution is 7.90. The van der Waals surface area contributed by atoms with Crippen molar-refractivity contribution in [2.75, 3.05) is 7.11 Å². The predicted molar refractivity (Wildman–Crippen MR) is 143 cm³/mol. The second-order valence-electron chi connectivity index (χ2n) is 8.89. The lowest BCUT2D eigenvalue weighted by Gasteiger charge is -2.28. The molecule has 1 N–H and O–H groups in total. The van der Waals surface area contributed by atoms with Crippen molar-refractivity contribution in [3.63, 3.8) is 0 Å². The van der Waals surface area contributed by atoms with Gasteiger partial charge in [-0.2, -0.15) is 0 Å². The molecule has 6 heteroatoms. The van der Waals surface area contributed by atoms with Crippen molar-refractivity contribution in [3.8, 4) is 5.75 Å². The first-order valence-electron chi connectivity index (χ1n) is 12.0. The van der Waals surface area contributed by atoms with Crippen LogP contribution in [0.5, 0.6) is 5.75 Å². The third-order valence-corrected chi connectivity index (χ3v) is 8.09. The summed E-state index contributed by atoms with van der Waals surface area (Å²) in [4.78, 5) is 13.7. The normalized spacial score (nSPS) is 15.5. The van der Waals surface area contributed by atoms with Crippen LogP contribution in [0.15, 0.2) is 89.8 Å². The lowest BCUT2D eigenvalue weighted by atomic mass is 9.79. The van der Waals surface area contributed by atoms with E-state index in [0.29, 0.717) is 11.8 Å². The van der Waals surface area contributed by atoms with E-state index in [1.54, 1.807) is 25.3 Å². The molecule has 0 radical (unpaired) electrons. The first-order chi connectivity index (χ1) is 17.5. The van der Waals surface area contributed by atoms with Gasteiger partial charge in [-0.1, -0.05) is 84.9 Å². The third-order valence-electron chi connectivity index (χ3n) is 6.68. The van der Waals surface area contributed by atoms with Crippen molar-refractivity contribution in [2.24, 2.45) is 0 Å². The number of sulfonamides is 1. The van der Waals surface area contributed by atoms with Gasteiger partial charge in [0, 0.05) is 5.39 Å². The number of carbonyl (C=O) groups excluding carboxylic acids is 1. The fourth-order valence-electron chi connectivity index (χ4n) is 5.00. The molecular formula is C30H27NO4S. The molecule has 1 aliphatic carbocycles. The highest BCUT2D eigenvalue weighted by Crippen LogP contribution is 2.40. The molecule has 0 fully saturated rings. The quantitative estimate of drug-likeness (QED) is 0.335. The van der Waals surface area contributed by atoms with Crippen molar-refractivity contribution in [3.05, 3.63) is 107 Å². The maximum atomic E-state index is 13.6. The molecule has 1 amide bonds. The van der Waals surface area contributed by atoms with Gasteiger partial charge in [-0.3, -0.25) is 4.79 Å². The van der Waals surface area contributed by atoms with Gasteiger partial charge in [0.2, 0.25) is 5.91 Å². The van der Waals surface area contributed by atoms with Crippen LogP contribution < -0.4 is 9.46 Å². The number of fused-ring (bicyclic) bond motifs is 2. The Morgan fingerprint density at radius 3 is 2.47 bits per heavy atom. The van der Waals surface area contributed by atoms with E-state index in [-0.39, 0.29) is 4.90 Å². The van der Waals surface area contributed by atoms with Crippen LogP contribution in [0.3, 0.4) is 0 Å². The summed E-state index contributed by atoms with van der Waals surface area (Å²) >= 11 is 0. The SMILES string of the molecule is COc1ccc(/C=C/c2ccccc2)c2c1CCCC2C(=O)NS(=O)(=O)c1cccc2ccccc12. The summed E-state index contributed by atoms with van der Waals surface area (Å²) in [5, 5.41) is 1.38. The Morgan fingerprint density at radius 1 is 0.917 bits per heavy atom. The van der Waals surface area contributed by atoms with Gasteiger partial charge in [-0.15, -0.1) is 0 Å². The minimum Gasteiger partial charge on any atom is -0.496 e. The number of benzene rings is 4. The molecule has 1 aliphatic rings. The molecule has 5 nitrogen and oxygen atoms in total. The van der Waals surface area contributed by atoms with Crippen LogP contribution >= 0.6 is 0 Å². The number of ether oxygens (including phenoxy) is 1. The zero-order valence-electron chi connectivity index (χ0n) is 20.0. The number of rotatable bonds is 6. The molecule has 0 bridgehead atoms. The van der Waals surface area contributed by atoms with Gasteiger partial charge in [0.1, 0.15) is 5.75 Å². The lowest BCUT2D eigenvalue weighted by Crippen LogP contribution is -2.36. The van der Waals surface area contributed by atoms with Crippen molar-refractivity contribution in [2.45, 2.75) is 30.1 Å². The van der Waals surface area contributed by atoms with E-state index < -0.39 is 21.8 Å². The molecule has 4 aromatic rings. The van der Waals surface area contributed by atoms with Crippen molar-refractivity contribution >= 4 is 38.9 Å². The van der Waals surface area contributed by atoms with Crippen LogP contribution in [-0.4, -0.2) is 21.4 Å². The summed E-state index contributed by atoms with van der Waals surface area (Å²) in [7, 11) is -2.46.